The number of piperazine rings is 1. The lowest BCUT2D eigenvalue weighted by atomic mass is 9.81. The van der Waals surface area contributed by atoms with Crippen LogP contribution in [0.15, 0.2) is 0 Å². The van der Waals surface area contributed by atoms with Gasteiger partial charge in [-0.1, -0.05) is 0 Å². The number of hydrogen-bond acceptors (Lipinski definition) is 3. The molecule has 6 heteroatoms. The molecule has 0 bridgehead atoms. The topological polar surface area (TPSA) is 69.7 Å². The molecule has 6 nitrogen and oxygen atoms in total. The first kappa shape index (κ1) is 15.3. The summed E-state index contributed by atoms with van der Waals surface area (Å²) in [5.41, 5.74) is 0. The van der Waals surface area contributed by atoms with Crippen LogP contribution in [0, 0.1) is 11.8 Å². The van der Waals surface area contributed by atoms with Crippen LogP contribution < -0.4 is 5.32 Å². The summed E-state index contributed by atoms with van der Waals surface area (Å²) in [6, 6.07) is 0.418. The Morgan fingerprint density at radius 2 is 1.45 bits per heavy atom. The number of carbonyl (C=O) groups excluding carboxylic acids is 3. The molecule has 0 aromatic carbocycles. The zero-order chi connectivity index (χ0) is 15.5. The average Bonchev–Trinajstić information content (AvgIpc) is 3.38. The molecule has 3 amide bonds. The molecule has 0 atom stereocenters. The lowest BCUT2D eigenvalue weighted by Gasteiger charge is -2.36. The van der Waals surface area contributed by atoms with Gasteiger partial charge in [0.05, 0.1) is 0 Å². The van der Waals surface area contributed by atoms with Gasteiger partial charge in [-0.3, -0.25) is 14.4 Å². The van der Waals surface area contributed by atoms with E-state index in [0.29, 0.717) is 32.2 Å². The maximum absolute atomic E-state index is 12.5. The second-order valence-corrected chi connectivity index (χ2v) is 6.80. The SMILES string of the molecule is O=CN1CCN(C(=O)C2CCC(C(=O)NC3CC3)CC2)CC1. The molecular weight excluding hydrogens is 282 g/mol. The van der Waals surface area contributed by atoms with E-state index in [9.17, 15) is 14.4 Å². The number of amides is 3. The third-order valence-corrected chi connectivity index (χ3v) is 5.15. The van der Waals surface area contributed by atoms with Gasteiger partial charge in [-0.2, -0.15) is 0 Å². The van der Waals surface area contributed by atoms with E-state index in [4.69, 9.17) is 0 Å². The lowest BCUT2D eigenvalue weighted by Crippen LogP contribution is -2.50. The van der Waals surface area contributed by atoms with Crippen LogP contribution >= 0.6 is 0 Å². The minimum absolute atomic E-state index is 0.0627. The molecule has 3 fully saturated rings. The Morgan fingerprint density at radius 1 is 0.864 bits per heavy atom. The van der Waals surface area contributed by atoms with Crippen LogP contribution in [0.3, 0.4) is 0 Å². The molecule has 1 saturated heterocycles. The molecular formula is C16H25N3O3. The highest BCUT2D eigenvalue weighted by atomic mass is 16.2. The first-order chi connectivity index (χ1) is 10.7. The predicted molar refractivity (Wildman–Crippen MR) is 80.8 cm³/mol. The number of nitrogens with zero attached hydrogens (tertiary/aromatic N) is 2. The summed E-state index contributed by atoms with van der Waals surface area (Å²) in [4.78, 5) is 38.9. The highest BCUT2D eigenvalue weighted by molar-refractivity contribution is 5.81. The minimum atomic E-state index is 0.0627. The Labute approximate surface area is 131 Å². The third-order valence-electron chi connectivity index (χ3n) is 5.15. The van der Waals surface area contributed by atoms with Crippen molar-refractivity contribution >= 4 is 18.2 Å². The smallest absolute Gasteiger partial charge is 0.225 e. The molecule has 0 aromatic heterocycles. The summed E-state index contributed by atoms with van der Waals surface area (Å²) in [5.74, 6) is 0.559. The summed E-state index contributed by atoms with van der Waals surface area (Å²) in [7, 11) is 0. The third kappa shape index (κ3) is 3.59. The molecule has 2 saturated carbocycles. The Morgan fingerprint density at radius 3 is 2.00 bits per heavy atom. The van der Waals surface area contributed by atoms with Crippen molar-refractivity contribution in [1.82, 2.24) is 15.1 Å². The first-order valence-electron chi connectivity index (χ1n) is 8.46. The van der Waals surface area contributed by atoms with Crippen LogP contribution in [0.2, 0.25) is 0 Å². The van der Waals surface area contributed by atoms with E-state index in [2.05, 4.69) is 5.32 Å². The quantitative estimate of drug-likeness (QED) is 0.763. The first-order valence-corrected chi connectivity index (χ1v) is 8.46. The van der Waals surface area contributed by atoms with E-state index in [1.165, 1.54) is 0 Å². The lowest BCUT2D eigenvalue weighted by molar-refractivity contribution is -0.141. The molecule has 2 aliphatic carbocycles. The van der Waals surface area contributed by atoms with Gasteiger partial charge in [0.15, 0.2) is 0 Å². The van der Waals surface area contributed by atoms with Gasteiger partial charge in [0.2, 0.25) is 18.2 Å². The summed E-state index contributed by atoms with van der Waals surface area (Å²) >= 11 is 0. The standard InChI is InChI=1S/C16H25N3O3/c20-11-18-7-9-19(10-8-18)16(22)13-3-1-12(2-4-13)15(21)17-14-5-6-14/h11-14H,1-10H2,(H,17,21). The summed E-state index contributed by atoms with van der Waals surface area (Å²) in [6.45, 7) is 2.54. The molecule has 1 N–H and O–H groups in total. The van der Waals surface area contributed by atoms with Crippen molar-refractivity contribution in [2.45, 2.75) is 44.6 Å². The molecule has 0 spiro atoms. The molecule has 1 heterocycles. The van der Waals surface area contributed by atoms with Gasteiger partial charge in [-0.05, 0) is 38.5 Å². The van der Waals surface area contributed by atoms with Gasteiger partial charge in [0.25, 0.3) is 0 Å². The second-order valence-electron chi connectivity index (χ2n) is 6.80. The largest absolute Gasteiger partial charge is 0.353 e. The normalized spacial score (nSPS) is 29.1. The highest BCUT2D eigenvalue weighted by Crippen LogP contribution is 2.31. The molecule has 3 rings (SSSR count). The van der Waals surface area contributed by atoms with Gasteiger partial charge in [-0.25, -0.2) is 0 Å². The number of hydrogen-bond donors (Lipinski definition) is 1. The van der Waals surface area contributed by atoms with Crippen LogP contribution in [0.5, 0.6) is 0 Å². The second kappa shape index (κ2) is 6.67. The Hall–Kier alpha value is -1.59. The molecule has 122 valence electrons. The van der Waals surface area contributed by atoms with E-state index in [1.54, 1.807) is 4.90 Å². The number of nitrogens with one attached hydrogen (secondary N) is 1. The fraction of sp³-hybridized carbons (Fsp3) is 0.812. The van der Waals surface area contributed by atoms with Crippen LogP contribution in [0.25, 0.3) is 0 Å². The van der Waals surface area contributed by atoms with Gasteiger partial charge < -0.3 is 15.1 Å². The van der Waals surface area contributed by atoms with E-state index in [-0.39, 0.29) is 23.7 Å². The van der Waals surface area contributed by atoms with Crippen molar-refractivity contribution in [2.75, 3.05) is 26.2 Å². The van der Waals surface area contributed by atoms with Crippen molar-refractivity contribution in [1.29, 1.82) is 0 Å². The Kier molecular flexibility index (Phi) is 4.64. The zero-order valence-electron chi connectivity index (χ0n) is 13.0. The van der Waals surface area contributed by atoms with Gasteiger partial charge in [-0.15, -0.1) is 0 Å². The Bertz CT molecular complexity index is 434. The maximum atomic E-state index is 12.5. The number of rotatable bonds is 4. The monoisotopic (exact) mass is 307 g/mol. The maximum Gasteiger partial charge on any atom is 0.225 e. The molecule has 0 unspecified atom stereocenters. The minimum Gasteiger partial charge on any atom is -0.353 e. The van der Waals surface area contributed by atoms with Crippen molar-refractivity contribution in [3.05, 3.63) is 0 Å². The zero-order valence-corrected chi connectivity index (χ0v) is 13.0. The summed E-state index contributed by atoms with van der Waals surface area (Å²) in [6.07, 6.45) is 6.36. The molecule has 1 aliphatic heterocycles. The fourth-order valence-electron chi connectivity index (χ4n) is 3.46. The molecule has 22 heavy (non-hydrogen) atoms. The van der Waals surface area contributed by atoms with E-state index in [1.807, 2.05) is 4.90 Å². The summed E-state index contributed by atoms with van der Waals surface area (Å²) in [5, 5.41) is 3.07. The van der Waals surface area contributed by atoms with Crippen molar-refractivity contribution < 1.29 is 14.4 Å². The van der Waals surface area contributed by atoms with Crippen molar-refractivity contribution in [3.63, 3.8) is 0 Å². The van der Waals surface area contributed by atoms with E-state index < -0.39 is 0 Å². The average molecular weight is 307 g/mol. The van der Waals surface area contributed by atoms with Gasteiger partial charge >= 0.3 is 0 Å². The van der Waals surface area contributed by atoms with E-state index >= 15 is 0 Å². The summed E-state index contributed by atoms with van der Waals surface area (Å²) < 4.78 is 0. The van der Waals surface area contributed by atoms with Crippen LogP contribution in [0.4, 0.5) is 0 Å². The molecule has 0 radical (unpaired) electrons. The van der Waals surface area contributed by atoms with Crippen LogP contribution in [-0.4, -0.2) is 60.2 Å². The van der Waals surface area contributed by atoms with Gasteiger partial charge in [0.1, 0.15) is 0 Å². The fourth-order valence-corrected chi connectivity index (χ4v) is 3.46. The molecule has 3 aliphatic rings. The Balaban J connectivity index is 1.43. The molecule has 0 aromatic rings. The van der Waals surface area contributed by atoms with Crippen LogP contribution in [-0.2, 0) is 14.4 Å². The van der Waals surface area contributed by atoms with Crippen LogP contribution in [0.1, 0.15) is 38.5 Å². The highest BCUT2D eigenvalue weighted by Gasteiger charge is 2.34. The predicted octanol–water partition coefficient (Wildman–Crippen LogP) is 0.372. The van der Waals surface area contributed by atoms with Gasteiger partial charge in [0, 0.05) is 44.1 Å². The number of carbonyl (C=O) groups is 3. The van der Waals surface area contributed by atoms with Crippen molar-refractivity contribution in [3.8, 4) is 0 Å². The van der Waals surface area contributed by atoms with Crippen molar-refractivity contribution in [2.24, 2.45) is 11.8 Å². The van der Waals surface area contributed by atoms with E-state index in [0.717, 1.165) is 44.9 Å².